The number of hydrogen-bond acceptors (Lipinski definition) is 4. The van der Waals surface area contributed by atoms with E-state index in [9.17, 15) is 4.79 Å². The summed E-state index contributed by atoms with van der Waals surface area (Å²) in [6, 6.07) is 14.5. The van der Waals surface area contributed by atoms with Gasteiger partial charge in [-0.05, 0) is 111 Å². The van der Waals surface area contributed by atoms with Crippen molar-refractivity contribution in [3.63, 3.8) is 0 Å². The van der Waals surface area contributed by atoms with E-state index in [1.807, 2.05) is 36.4 Å². The van der Waals surface area contributed by atoms with E-state index in [1.54, 1.807) is 6.07 Å². The predicted octanol–water partition coefficient (Wildman–Crippen LogP) is 8.58. The fourth-order valence-corrected chi connectivity index (χ4v) is 6.81. The Bertz CT molecular complexity index is 1090. The fraction of sp³-hybridized carbons (Fsp3) is 0.606. The molecule has 220 valence electrons. The molecule has 2 fully saturated rings. The van der Waals surface area contributed by atoms with Gasteiger partial charge < -0.3 is 14.1 Å². The number of amides is 1. The second kappa shape index (κ2) is 13.6. The largest absolute Gasteiger partial charge is 0.444 e. The number of ether oxygens (including phenoxy) is 1. The maximum absolute atomic E-state index is 15.0. The topological polar surface area (TPSA) is 50.8 Å². The number of carbonyl (C=O) groups excluding carboxylic acids is 1. The van der Waals surface area contributed by atoms with Crippen molar-refractivity contribution in [3.8, 4) is 0 Å². The molecular formula is C33H49FN2O3Si. The number of nitrogens with one attached hydrogen (secondary N) is 1. The highest BCUT2D eigenvalue weighted by molar-refractivity contribution is 6.74. The summed E-state index contributed by atoms with van der Waals surface area (Å²) in [5.41, 5.74) is 2.08. The van der Waals surface area contributed by atoms with Crippen LogP contribution in [0.15, 0.2) is 48.5 Å². The average molecular weight is 569 g/mol. The summed E-state index contributed by atoms with van der Waals surface area (Å²) in [4.78, 5) is 14.7. The first-order valence-corrected chi connectivity index (χ1v) is 18.0. The molecule has 1 heterocycles. The summed E-state index contributed by atoms with van der Waals surface area (Å²) in [5.74, 6) is 1.45. The first-order chi connectivity index (χ1) is 19.0. The number of carbonyl (C=O) groups is 1. The molecule has 2 aromatic carbocycles. The Morgan fingerprint density at radius 1 is 0.975 bits per heavy atom. The minimum Gasteiger partial charge on any atom is -0.444 e. The first kappa shape index (κ1) is 30.7. The lowest BCUT2D eigenvalue weighted by molar-refractivity contribution is 0.129. The molecule has 1 aliphatic heterocycles. The van der Waals surface area contributed by atoms with Gasteiger partial charge in [0.15, 0.2) is 8.32 Å². The summed E-state index contributed by atoms with van der Waals surface area (Å²) in [6.45, 7) is 16.0. The molecule has 0 aromatic heterocycles. The number of nitrogens with zero attached hydrogens (tertiary/aromatic N) is 1. The van der Waals surface area contributed by atoms with Gasteiger partial charge >= 0.3 is 6.09 Å². The number of anilines is 1. The van der Waals surface area contributed by atoms with Crippen LogP contribution in [0.25, 0.3) is 0 Å². The first-order valence-electron chi connectivity index (χ1n) is 15.1. The lowest BCUT2D eigenvalue weighted by Crippen LogP contribution is -2.42. The van der Waals surface area contributed by atoms with Crippen molar-refractivity contribution in [2.45, 2.75) is 90.0 Å². The van der Waals surface area contributed by atoms with Gasteiger partial charge in [0.2, 0.25) is 0 Å². The maximum atomic E-state index is 15.0. The summed E-state index contributed by atoms with van der Waals surface area (Å²) in [5, 5.41) is 2.92. The van der Waals surface area contributed by atoms with Crippen LogP contribution in [-0.4, -0.2) is 45.6 Å². The third-order valence-corrected chi connectivity index (χ3v) is 14.0. The van der Waals surface area contributed by atoms with Gasteiger partial charge in [-0.2, -0.15) is 0 Å². The van der Waals surface area contributed by atoms with E-state index in [4.69, 9.17) is 9.16 Å². The Labute approximate surface area is 242 Å². The van der Waals surface area contributed by atoms with Gasteiger partial charge in [-0.3, -0.25) is 5.32 Å². The number of piperidine rings is 1. The van der Waals surface area contributed by atoms with Crippen molar-refractivity contribution in [2.75, 3.05) is 31.6 Å². The van der Waals surface area contributed by atoms with Crippen molar-refractivity contribution in [1.29, 1.82) is 0 Å². The van der Waals surface area contributed by atoms with Crippen molar-refractivity contribution < 1.29 is 18.3 Å². The Morgan fingerprint density at radius 2 is 1.62 bits per heavy atom. The number of likely N-dealkylation sites (tertiary alicyclic amines) is 1. The molecule has 1 saturated carbocycles. The van der Waals surface area contributed by atoms with Gasteiger partial charge in [-0.15, -0.1) is 0 Å². The number of benzene rings is 2. The lowest BCUT2D eigenvalue weighted by Gasteiger charge is -2.39. The van der Waals surface area contributed by atoms with Crippen molar-refractivity contribution >= 4 is 20.1 Å². The molecule has 1 saturated heterocycles. The summed E-state index contributed by atoms with van der Waals surface area (Å²) in [7, 11) is -1.66. The number of hydrogen-bond donors (Lipinski definition) is 1. The molecular weight excluding hydrogens is 519 g/mol. The zero-order valence-corrected chi connectivity index (χ0v) is 26.2. The highest BCUT2D eigenvalue weighted by Gasteiger charge is 2.38. The van der Waals surface area contributed by atoms with Crippen LogP contribution in [0.2, 0.25) is 18.1 Å². The Morgan fingerprint density at radius 3 is 2.25 bits per heavy atom. The molecule has 5 nitrogen and oxygen atoms in total. The van der Waals surface area contributed by atoms with Gasteiger partial charge in [0.05, 0.1) is 0 Å². The highest BCUT2D eigenvalue weighted by atomic mass is 28.4. The van der Waals surface area contributed by atoms with Crippen LogP contribution >= 0.6 is 0 Å². The van der Waals surface area contributed by atoms with Crippen LogP contribution in [0.4, 0.5) is 14.9 Å². The maximum Gasteiger partial charge on any atom is 0.411 e. The van der Waals surface area contributed by atoms with E-state index in [0.29, 0.717) is 11.6 Å². The zero-order chi connectivity index (χ0) is 28.8. The molecule has 1 aliphatic carbocycles. The van der Waals surface area contributed by atoms with Gasteiger partial charge in [0.25, 0.3) is 0 Å². The smallest absolute Gasteiger partial charge is 0.411 e. The molecule has 1 amide bonds. The average Bonchev–Trinajstić information content (AvgIpc) is 2.92. The summed E-state index contributed by atoms with van der Waals surface area (Å²) < 4.78 is 26.8. The monoisotopic (exact) mass is 568 g/mol. The quantitative estimate of drug-likeness (QED) is 0.308. The van der Waals surface area contributed by atoms with Crippen LogP contribution in [0.3, 0.4) is 0 Å². The molecule has 0 unspecified atom stereocenters. The lowest BCUT2D eigenvalue weighted by atomic mass is 9.81. The van der Waals surface area contributed by atoms with Gasteiger partial charge in [-0.25, -0.2) is 9.18 Å². The molecule has 0 radical (unpaired) electrons. The minimum absolute atomic E-state index is 0.179. The molecule has 0 atom stereocenters. The normalized spacial score (nSPS) is 21.2. The van der Waals surface area contributed by atoms with Crippen LogP contribution in [0.1, 0.15) is 76.3 Å². The predicted molar refractivity (Wildman–Crippen MR) is 164 cm³/mol. The summed E-state index contributed by atoms with van der Waals surface area (Å²) >= 11 is 0. The molecule has 1 N–H and O–H groups in total. The van der Waals surface area contributed by atoms with E-state index in [2.05, 4.69) is 44.1 Å². The van der Waals surface area contributed by atoms with E-state index in [0.717, 1.165) is 49.6 Å². The Balaban J connectivity index is 1.16. The van der Waals surface area contributed by atoms with E-state index in [-0.39, 0.29) is 23.4 Å². The fourth-order valence-electron chi connectivity index (χ4n) is 5.73. The van der Waals surface area contributed by atoms with Gasteiger partial charge in [0.1, 0.15) is 12.4 Å². The van der Waals surface area contributed by atoms with Crippen LogP contribution in [0.5, 0.6) is 0 Å². The molecule has 2 aliphatic rings. The van der Waals surface area contributed by atoms with Crippen LogP contribution in [-0.2, 0) is 15.8 Å². The van der Waals surface area contributed by atoms with Crippen molar-refractivity contribution in [3.05, 3.63) is 65.5 Å². The second-order valence-corrected chi connectivity index (χ2v) is 18.3. The van der Waals surface area contributed by atoms with Crippen molar-refractivity contribution in [1.82, 2.24) is 4.90 Å². The molecule has 7 heteroatoms. The minimum atomic E-state index is -1.66. The SMILES string of the molecule is CC(C)(C)[Si](C)(C)OCC1CCC(CN2CCC(c3ccc(NC(=O)OCc4ccccc4)cc3F)CC2)CC1. The third-order valence-electron chi connectivity index (χ3n) is 9.46. The molecule has 40 heavy (non-hydrogen) atoms. The molecule has 0 spiro atoms. The molecule has 2 aromatic rings. The number of rotatable bonds is 9. The third kappa shape index (κ3) is 8.64. The Kier molecular flexibility index (Phi) is 10.5. The van der Waals surface area contributed by atoms with Crippen LogP contribution < -0.4 is 5.32 Å². The van der Waals surface area contributed by atoms with Crippen molar-refractivity contribution in [2.24, 2.45) is 11.8 Å². The van der Waals surface area contributed by atoms with E-state index in [1.165, 1.54) is 38.3 Å². The van der Waals surface area contributed by atoms with E-state index < -0.39 is 14.4 Å². The van der Waals surface area contributed by atoms with Gasteiger partial charge in [0, 0.05) is 18.8 Å². The molecule has 4 rings (SSSR count). The second-order valence-electron chi connectivity index (χ2n) is 13.5. The van der Waals surface area contributed by atoms with Crippen LogP contribution in [0, 0.1) is 17.7 Å². The number of halogens is 1. The molecule has 0 bridgehead atoms. The zero-order valence-electron chi connectivity index (χ0n) is 25.2. The standard InChI is InChI=1S/C33H49FN2O3Si/c1-33(2,3)40(4,5)39-24-27-13-11-25(12-14-27)22-36-19-17-28(18-20-36)30-16-15-29(21-31(30)34)35-32(37)38-23-26-9-7-6-8-10-26/h6-10,15-16,21,25,27-28H,11-14,17-20,22-24H2,1-5H3,(H,35,37). The Hall–Kier alpha value is -2.22. The van der Waals surface area contributed by atoms with E-state index >= 15 is 4.39 Å². The highest BCUT2D eigenvalue weighted by Crippen LogP contribution is 2.38. The van der Waals surface area contributed by atoms with Gasteiger partial charge in [-0.1, -0.05) is 57.2 Å². The summed E-state index contributed by atoms with van der Waals surface area (Å²) in [6.07, 6.45) is 6.51.